The van der Waals surface area contributed by atoms with Crippen molar-refractivity contribution in [1.82, 2.24) is 9.55 Å². The van der Waals surface area contributed by atoms with Crippen molar-refractivity contribution in [2.24, 2.45) is 11.3 Å². The summed E-state index contributed by atoms with van der Waals surface area (Å²) in [6.07, 6.45) is 1.19. The van der Waals surface area contributed by atoms with E-state index in [9.17, 15) is 4.79 Å². The summed E-state index contributed by atoms with van der Waals surface area (Å²) in [6.45, 7) is 5.38. The molecule has 6 heteroatoms. The van der Waals surface area contributed by atoms with Crippen LogP contribution in [0.1, 0.15) is 20.3 Å². The second-order valence-electron chi connectivity index (χ2n) is 6.21. The highest BCUT2D eigenvalue weighted by atomic mass is 35.5. The van der Waals surface area contributed by atoms with Gasteiger partial charge in [0.15, 0.2) is 5.16 Å². The van der Waals surface area contributed by atoms with E-state index in [0.29, 0.717) is 16.4 Å². The molecule has 3 rings (SSSR count). The van der Waals surface area contributed by atoms with Gasteiger partial charge >= 0.3 is 5.97 Å². The highest BCUT2D eigenvalue weighted by molar-refractivity contribution is 7.99. The topological polar surface area (TPSA) is 55.1 Å². The number of nitrogens with zero attached hydrogens (tertiary/aromatic N) is 2. The van der Waals surface area contributed by atoms with E-state index in [1.165, 1.54) is 18.2 Å². The molecule has 1 fully saturated rings. The van der Waals surface area contributed by atoms with Gasteiger partial charge in [0.1, 0.15) is 0 Å². The third kappa shape index (κ3) is 3.04. The van der Waals surface area contributed by atoms with Crippen LogP contribution in [0.5, 0.6) is 0 Å². The summed E-state index contributed by atoms with van der Waals surface area (Å²) in [4.78, 5) is 15.4. The van der Waals surface area contributed by atoms with Gasteiger partial charge in [-0.15, -0.1) is 0 Å². The third-order valence-corrected chi connectivity index (χ3v) is 5.32. The van der Waals surface area contributed by atoms with E-state index >= 15 is 0 Å². The fraction of sp³-hybridized carbons (Fsp3) is 0.467. The number of imidazole rings is 1. The Labute approximate surface area is 132 Å². The Kier molecular flexibility index (Phi) is 3.66. The number of carbonyl (C=O) groups is 1. The summed E-state index contributed by atoms with van der Waals surface area (Å²) < 4.78 is 2.12. The number of hydrogen-bond donors (Lipinski definition) is 1. The summed E-state index contributed by atoms with van der Waals surface area (Å²) in [5, 5.41) is 10.3. The van der Waals surface area contributed by atoms with E-state index in [1.54, 1.807) is 0 Å². The molecule has 1 aliphatic carbocycles. The van der Waals surface area contributed by atoms with Gasteiger partial charge in [0, 0.05) is 11.6 Å². The number of carboxylic acids is 1. The maximum Gasteiger partial charge on any atom is 0.313 e. The van der Waals surface area contributed by atoms with Crippen LogP contribution in [0.15, 0.2) is 23.4 Å². The Morgan fingerprint density at radius 1 is 1.57 bits per heavy atom. The first-order chi connectivity index (χ1) is 9.87. The Bertz CT molecular complexity index is 711. The van der Waals surface area contributed by atoms with Crippen LogP contribution in [-0.4, -0.2) is 26.4 Å². The minimum atomic E-state index is -0.830. The first kappa shape index (κ1) is 14.7. The van der Waals surface area contributed by atoms with E-state index in [4.69, 9.17) is 16.7 Å². The predicted octanol–water partition coefficient (Wildman–Crippen LogP) is 3.91. The fourth-order valence-electron chi connectivity index (χ4n) is 2.59. The molecule has 0 aliphatic heterocycles. The van der Waals surface area contributed by atoms with Crippen LogP contribution < -0.4 is 0 Å². The lowest BCUT2D eigenvalue weighted by molar-refractivity contribution is -0.133. The number of fused-ring (bicyclic) bond motifs is 1. The second kappa shape index (κ2) is 5.21. The zero-order chi connectivity index (χ0) is 15.2. The van der Waals surface area contributed by atoms with Crippen molar-refractivity contribution < 1.29 is 9.90 Å². The fourth-order valence-corrected chi connectivity index (χ4v) is 3.51. The summed E-state index contributed by atoms with van der Waals surface area (Å²) >= 11 is 7.36. The van der Waals surface area contributed by atoms with E-state index < -0.39 is 5.97 Å². The predicted molar refractivity (Wildman–Crippen MR) is 85.0 cm³/mol. The SMILES string of the molecule is CC1(C)CC1Cn1c(SCC(=O)O)nc2ccc(Cl)cc21. The van der Waals surface area contributed by atoms with Crippen molar-refractivity contribution >= 4 is 40.4 Å². The first-order valence-electron chi connectivity index (χ1n) is 6.87. The molecule has 1 aromatic carbocycles. The number of thioether (sulfide) groups is 1. The standard InChI is InChI=1S/C15H17ClN2O2S/c1-15(2)6-9(15)7-18-12-5-10(16)3-4-11(12)17-14(18)21-8-13(19)20/h3-5,9H,6-8H2,1-2H3,(H,19,20). The van der Waals surface area contributed by atoms with Gasteiger partial charge in [-0.25, -0.2) is 4.98 Å². The average molecular weight is 325 g/mol. The van der Waals surface area contributed by atoms with Gasteiger partial charge in [-0.1, -0.05) is 37.2 Å². The maximum atomic E-state index is 10.8. The Balaban J connectivity index is 1.97. The summed E-state index contributed by atoms with van der Waals surface area (Å²) in [5.74, 6) is -0.202. The largest absolute Gasteiger partial charge is 0.481 e. The Morgan fingerprint density at radius 2 is 2.29 bits per heavy atom. The molecule has 1 aromatic heterocycles. The highest BCUT2D eigenvalue weighted by Gasteiger charge is 2.45. The van der Waals surface area contributed by atoms with Crippen LogP contribution in [0.25, 0.3) is 11.0 Å². The molecule has 0 radical (unpaired) electrons. The minimum absolute atomic E-state index is 0.0190. The molecule has 0 spiro atoms. The molecule has 4 nitrogen and oxygen atoms in total. The van der Waals surface area contributed by atoms with Crippen molar-refractivity contribution in [2.45, 2.75) is 32.0 Å². The van der Waals surface area contributed by atoms with Gasteiger partial charge in [-0.05, 0) is 36.0 Å². The van der Waals surface area contributed by atoms with Crippen LogP contribution in [0.4, 0.5) is 0 Å². The lowest BCUT2D eigenvalue weighted by Crippen LogP contribution is -2.07. The number of benzene rings is 1. The molecule has 0 saturated heterocycles. The van der Waals surface area contributed by atoms with E-state index in [1.807, 2.05) is 18.2 Å². The summed E-state index contributed by atoms with van der Waals surface area (Å²) in [6, 6.07) is 5.61. The van der Waals surface area contributed by atoms with Gasteiger partial charge in [0.05, 0.1) is 16.8 Å². The monoisotopic (exact) mass is 324 g/mol. The molecule has 1 atom stereocenters. The molecule has 2 aromatic rings. The van der Waals surface area contributed by atoms with Crippen LogP contribution in [0.3, 0.4) is 0 Å². The van der Waals surface area contributed by atoms with Crippen LogP contribution >= 0.6 is 23.4 Å². The number of aliphatic carboxylic acids is 1. The van der Waals surface area contributed by atoms with Crippen molar-refractivity contribution in [3.8, 4) is 0 Å². The molecule has 1 N–H and O–H groups in total. The number of aromatic nitrogens is 2. The molecule has 0 bridgehead atoms. The molecule has 21 heavy (non-hydrogen) atoms. The van der Waals surface area contributed by atoms with E-state index in [-0.39, 0.29) is 5.75 Å². The van der Waals surface area contributed by atoms with Crippen molar-refractivity contribution in [2.75, 3.05) is 5.75 Å². The first-order valence-corrected chi connectivity index (χ1v) is 8.23. The van der Waals surface area contributed by atoms with Crippen molar-refractivity contribution in [3.63, 3.8) is 0 Å². The van der Waals surface area contributed by atoms with Crippen LogP contribution in [0, 0.1) is 11.3 Å². The second-order valence-corrected chi connectivity index (χ2v) is 7.59. The molecule has 1 aliphatic rings. The van der Waals surface area contributed by atoms with E-state index in [2.05, 4.69) is 23.4 Å². The molecular weight excluding hydrogens is 308 g/mol. The van der Waals surface area contributed by atoms with Gasteiger partial charge < -0.3 is 9.67 Å². The molecule has 1 saturated carbocycles. The van der Waals surface area contributed by atoms with Gasteiger partial charge in [0.2, 0.25) is 0 Å². The van der Waals surface area contributed by atoms with E-state index in [0.717, 1.165) is 22.7 Å². The highest BCUT2D eigenvalue weighted by Crippen LogP contribution is 2.53. The van der Waals surface area contributed by atoms with Gasteiger partial charge in [-0.3, -0.25) is 4.79 Å². The van der Waals surface area contributed by atoms with Crippen LogP contribution in [0.2, 0.25) is 5.02 Å². The van der Waals surface area contributed by atoms with Gasteiger partial charge in [0.25, 0.3) is 0 Å². The molecule has 1 heterocycles. The number of rotatable bonds is 5. The lowest BCUT2D eigenvalue weighted by atomic mass is 10.1. The lowest BCUT2D eigenvalue weighted by Gasteiger charge is -2.09. The van der Waals surface area contributed by atoms with Crippen molar-refractivity contribution in [1.29, 1.82) is 0 Å². The quantitative estimate of drug-likeness (QED) is 0.847. The number of carboxylic acid groups (broad SMARTS) is 1. The maximum absolute atomic E-state index is 10.8. The molecular formula is C15H17ClN2O2S. The Hall–Kier alpha value is -1.20. The normalized spacial score (nSPS) is 19.9. The average Bonchev–Trinajstić information content (AvgIpc) is 2.86. The zero-order valence-corrected chi connectivity index (χ0v) is 13.5. The summed E-state index contributed by atoms with van der Waals surface area (Å²) in [7, 11) is 0. The van der Waals surface area contributed by atoms with Gasteiger partial charge in [-0.2, -0.15) is 0 Å². The number of halogens is 1. The molecule has 1 unspecified atom stereocenters. The van der Waals surface area contributed by atoms with Crippen LogP contribution in [-0.2, 0) is 11.3 Å². The number of hydrogen-bond acceptors (Lipinski definition) is 3. The zero-order valence-electron chi connectivity index (χ0n) is 12.0. The minimum Gasteiger partial charge on any atom is -0.481 e. The third-order valence-electron chi connectivity index (χ3n) is 4.12. The van der Waals surface area contributed by atoms with Crippen molar-refractivity contribution in [3.05, 3.63) is 23.2 Å². The Morgan fingerprint density at radius 3 is 2.90 bits per heavy atom. The summed E-state index contributed by atoms with van der Waals surface area (Å²) in [5.41, 5.74) is 2.22. The molecule has 0 amide bonds. The smallest absolute Gasteiger partial charge is 0.313 e. The molecule has 112 valence electrons.